The van der Waals surface area contributed by atoms with Crippen molar-refractivity contribution in [2.45, 2.75) is 18.9 Å². The molecule has 2 aromatic rings. The summed E-state index contributed by atoms with van der Waals surface area (Å²) in [7, 11) is 0. The van der Waals surface area contributed by atoms with Crippen LogP contribution in [0.25, 0.3) is 0 Å². The molecule has 1 aliphatic carbocycles. The first-order valence-corrected chi connectivity index (χ1v) is 7.10. The smallest absolute Gasteiger partial charge is 0.272 e. The highest BCUT2D eigenvalue weighted by molar-refractivity contribution is 6.03. The van der Waals surface area contributed by atoms with E-state index < -0.39 is 0 Å². The van der Waals surface area contributed by atoms with E-state index in [2.05, 4.69) is 5.32 Å². The molecule has 0 aliphatic heterocycles. The van der Waals surface area contributed by atoms with Gasteiger partial charge in [-0.05, 0) is 49.2 Å². The van der Waals surface area contributed by atoms with Gasteiger partial charge in [-0.1, -0.05) is 0 Å². The van der Waals surface area contributed by atoms with Gasteiger partial charge >= 0.3 is 0 Å². The first-order valence-electron chi connectivity index (χ1n) is 7.10. The van der Waals surface area contributed by atoms with Gasteiger partial charge < -0.3 is 19.7 Å². The van der Waals surface area contributed by atoms with Crippen LogP contribution in [0.3, 0.4) is 0 Å². The molecule has 2 N–H and O–H groups in total. The van der Waals surface area contributed by atoms with E-state index in [-0.39, 0.29) is 19.1 Å². The van der Waals surface area contributed by atoms with Crippen molar-refractivity contribution in [1.29, 1.82) is 0 Å². The van der Waals surface area contributed by atoms with Crippen molar-refractivity contribution in [2.24, 2.45) is 0 Å². The molecule has 1 aliphatic rings. The van der Waals surface area contributed by atoms with Crippen LogP contribution < -0.4 is 10.1 Å². The number of carbonyl (C=O) groups excluding carboxylic acids is 1. The van der Waals surface area contributed by atoms with Gasteiger partial charge in [0.15, 0.2) is 0 Å². The van der Waals surface area contributed by atoms with Crippen LogP contribution in [0, 0.1) is 0 Å². The first-order chi connectivity index (χ1) is 10.3. The second-order valence-electron chi connectivity index (χ2n) is 5.08. The molecule has 0 atom stereocenters. The lowest BCUT2D eigenvalue weighted by atomic mass is 10.3. The molecule has 21 heavy (non-hydrogen) atoms. The minimum atomic E-state index is -0.101. The lowest BCUT2D eigenvalue weighted by Gasteiger charge is -2.09. The fraction of sp³-hybridized carbons (Fsp3) is 0.312. The van der Waals surface area contributed by atoms with Crippen LogP contribution in [0.1, 0.15) is 29.4 Å². The lowest BCUT2D eigenvalue weighted by molar-refractivity contribution is 0.101. The van der Waals surface area contributed by atoms with Crippen molar-refractivity contribution in [3.8, 4) is 5.75 Å². The second kappa shape index (κ2) is 6.01. The number of amides is 1. The maximum absolute atomic E-state index is 12.3. The Balaban J connectivity index is 1.65. The first kappa shape index (κ1) is 13.7. The monoisotopic (exact) mass is 286 g/mol. The van der Waals surface area contributed by atoms with Crippen LogP contribution >= 0.6 is 0 Å². The number of aromatic nitrogens is 1. The van der Waals surface area contributed by atoms with E-state index in [1.54, 1.807) is 24.3 Å². The highest BCUT2D eigenvalue weighted by atomic mass is 16.5. The fourth-order valence-electron chi connectivity index (χ4n) is 2.25. The summed E-state index contributed by atoms with van der Waals surface area (Å²) in [5, 5.41) is 11.6. The van der Waals surface area contributed by atoms with Crippen LogP contribution in [0.4, 0.5) is 5.69 Å². The highest BCUT2D eigenvalue weighted by Gasteiger charge is 2.26. The number of hydrogen-bond donors (Lipinski definition) is 2. The zero-order valence-corrected chi connectivity index (χ0v) is 11.7. The van der Waals surface area contributed by atoms with E-state index in [0.717, 1.165) is 18.5 Å². The van der Waals surface area contributed by atoms with Gasteiger partial charge in [-0.15, -0.1) is 0 Å². The highest BCUT2D eigenvalue weighted by Crippen LogP contribution is 2.36. The topological polar surface area (TPSA) is 63.5 Å². The third-order valence-corrected chi connectivity index (χ3v) is 3.42. The number of anilines is 1. The Morgan fingerprint density at radius 2 is 2.05 bits per heavy atom. The number of nitrogens with zero attached hydrogens (tertiary/aromatic N) is 1. The van der Waals surface area contributed by atoms with Crippen molar-refractivity contribution in [3.05, 3.63) is 48.3 Å². The number of ether oxygens (including phenoxy) is 1. The molecule has 5 heteroatoms. The largest absolute Gasteiger partial charge is 0.491 e. The van der Waals surface area contributed by atoms with Crippen molar-refractivity contribution in [2.75, 3.05) is 18.5 Å². The van der Waals surface area contributed by atoms with Gasteiger partial charge in [-0.2, -0.15) is 0 Å². The third-order valence-electron chi connectivity index (χ3n) is 3.42. The lowest BCUT2D eigenvalue weighted by Crippen LogP contribution is -2.16. The molecular formula is C16H18N2O3. The average molecular weight is 286 g/mol. The van der Waals surface area contributed by atoms with E-state index >= 15 is 0 Å². The molecule has 0 bridgehead atoms. The second-order valence-corrected chi connectivity index (χ2v) is 5.08. The van der Waals surface area contributed by atoms with Gasteiger partial charge in [0.2, 0.25) is 0 Å². The van der Waals surface area contributed by atoms with Crippen LogP contribution in [-0.4, -0.2) is 28.8 Å². The summed E-state index contributed by atoms with van der Waals surface area (Å²) in [5.74, 6) is 0.569. The summed E-state index contributed by atoms with van der Waals surface area (Å²) in [6, 6.07) is 11.3. The Labute approximate surface area is 123 Å². The van der Waals surface area contributed by atoms with E-state index in [0.29, 0.717) is 17.5 Å². The van der Waals surface area contributed by atoms with E-state index in [1.165, 1.54) is 0 Å². The van der Waals surface area contributed by atoms with Crippen molar-refractivity contribution in [3.63, 3.8) is 0 Å². The molecule has 0 radical (unpaired) electrons. The predicted octanol–water partition coefficient (Wildman–Crippen LogP) is 2.45. The molecule has 110 valence electrons. The number of carbonyl (C=O) groups is 1. The van der Waals surface area contributed by atoms with Crippen LogP contribution in [0.2, 0.25) is 0 Å². The molecule has 1 aromatic carbocycles. The van der Waals surface area contributed by atoms with Gasteiger partial charge in [0.25, 0.3) is 5.91 Å². The van der Waals surface area contributed by atoms with Gasteiger partial charge in [0.1, 0.15) is 18.1 Å². The summed E-state index contributed by atoms with van der Waals surface area (Å²) in [4.78, 5) is 12.3. The van der Waals surface area contributed by atoms with Gasteiger partial charge in [0, 0.05) is 17.9 Å². The molecular weight excluding hydrogens is 268 g/mol. The van der Waals surface area contributed by atoms with Crippen molar-refractivity contribution >= 4 is 11.6 Å². The quantitative estimate of drug-likeness (QED) is 0.857. The summed E-state index contributed by atoms with van der Waals surface area (Å²) in [6.07, 6.45) is 4.25. The minimum Gasteiger partial charge on any atom is -0.491 e. The fourth-order valence-corrected chi connectivity index (χ4v) is 2.25. The maximum atomic E-state index is 12.3. The van der Waals surface area contributed by atoms with Gasteiger partial charge in [-0.25, -0.2) is 0 Å². The average Bonchev–Trinajstić information content (AvgIpc) is 3.23. The molecule has 5 nitrogen and oxygen atoms in total. The number of aliphatic hydroxyl groups excluding tert-OH is 1. The predicted molar refractivity (Wildman–Crippen MR) is 79.7 cm³/mol. The maximum Gasteiger partial charge on any atom is 0.272 e. The summed E-state index contributed by atoms with van der Waals surface area (Å²) >= 11 is 0. The van der Waals surface area contributed by atoms with E-state index in [4.69, 9.17) is 9.84 Å². The van der Waals surface area contributed by atoms with Gasteiger partial charge in [0.05, 0.1) is 6.61 Å². The zero-order valence-electron chi connectivity index (χ0n) is 11.7. The number of benzene rings is 1. The molecule has 1 saturated carbocycles. The SMILES string of the molecule is O=C(Nc1ccc(OCCO)cc1)c1cccn1C1CC1. The minimum absolute atomic E-state index is 0.0172. The van der Waals surface area contributed by atoms with Gasteiger partial charge in [-0.3, -0.25) is 4.79 Å². The van der Waals surface area contributed by atoms with Crippen molar-refractivity contribution < 1.29 is 14.6 Å². The zero-order chi connectivity index (χ0) is 14.7. The third kappa shape index (κ3) is 3.25. The molecule has 1 heterocycles. The molecule has 1 aromatic heterocycles. The Kier molecular flexibility index (Phi) is 3.92. The Morgan fingerprint density at radius 3 is 2.71 bits per heavy atom. The van der Waals surface area contributed by atoms with E-state index in [1.807, 2.05) is 22.9 Å². The summed E-state index contributed by atoms with van der Waals surface area (Å²) in [6.45, 7) is 0.247. The standard InChI is InChI=1S/C16H18N2O3/c19-10-11-21-14-7-3-12(4-8-14)17-16(20)15-2-1-9-18(15)13-5-6-13/h1-4,7-9,13,19H,5-6,10-11H2,(H,17,20). The molecule has 3 rings (SSSR count). The molecule has 0 spiro atoms. The number of nitrogens with one attached hydrogen (secondary N) is 1. The molecule has 1 fully saturated rings. The van der Waals surface area contributed by atoms with Crippen molar-refractivity contribution in [1.82, 2.24) is 4.57 Å². The summed E-state index contributed by atoms with van der Waals surface area (Å²) < 4.78 is 7.32. The molecule has 0 saturated heterocycles. The number of hydrogen-bond acceptors (Lipinski definition) is 3. The van der Waals surface area contributed by atoms with Crippen LogP contribution in [0.15, 0.2) is 42.6 Å². The Hall–Kier alpha value is -2.27. The molecule has 0 unspecified atom stereocenters. The Morgan fingerprint density at radius 1 is 1.29 bits per heavy atom. The normalized spacial score (nSPS) is 14.0. The van der Waals surface area contributed by atoms with Crippen LogP contribution in [-0.2, 0) is 0 Å². The van der Waals surface area contributed by atoms with E-state index in [9.17, 15) is 4.79 Å². The van der Waals surface area contributed by atoms with Crippen LogP contribution in [0.5, 0.6) is 5.75 Å². The Bertz CT molecular complexity index is 615. The molecule has 1 amide bonds. The summed E-state index contributed by atoms with van der Waals surface area (Å²) in [5.41, 5.74) is 1.41. The number of rotatable bonds is 6. The number of aliphatic hydroxyl groups is 1.